The van der Waals surface area contributed by atoms with Crippen molar-refractivity contribution in [2.45, 2.75) is 49.1 Å². The average molecular weight is 476 g/mol. The first-order valence-corrected chi connectivity index (χ1v) is 11.5. The van der Waals surface area contributed by atoms with Gasteiger partial charge in [0.05, 0.1) is 6.61 Å². The van der Waals surface area contributed by atoms with E-state index < -0.39 is 57.7 Å². The molecule has 1 aliphatic heterocycles. The molecule has 0 spiro atoms. The Balaban J connectivity index is 0.00000676. The van der Waals surface area contributed by atoms with Crippen LogP contribution in [0.3, 0.4) is 0 Å². The predicted molar refractivity (Wildman–Crippen MR) is 92.4 cm³/mol. The molecule has 1 aliphatic rings. The van der Waals surface area contributed by atoms with Gasteiger partial charge >= 0.3 is 51.4 Å². The quantitative estimate of drug-likeness (QED) is 0.0475. The van der Waals surface area contributed by atoms with Crippen LogP contribution < -0.4 is 51.4 Å². The van der Waals surface area contributed by atoms with Crippen LogP contribution in [-0.4, -0.2) is 91.1 Å². The third-order valence-corrected chi connectivity index (χ3v) is 5.70. The maximum atomic E-state index is 11.0. The van der Waals surface area contributed by atoms with Gasteiger partial charge in [0.1, 0.15) is 34.9 Å². The number of rotatable bonds is 9. The zero-order chi connectivity index (χ0) is 19.9. The maximum Gasteiger partial charge on any atom is 1.00 e. The number of aliphatic hydroxyl groups is 4. The summed E-state index contributed by atoms with van der Waals surface area (Å²) in [5.41, 5.74) is -1.19. The largest absolute Gasteiger partial charge is 1.00 e. The number of oxime groups is 1. The fourth-order valence-corrected chi connectivity index (χ4v) is 4.04. The normalized spacial score (nSPS) is 30.4. The van der Waals surface area contributed by atoms with E-state index in [4.69, 9.17) is 9.84 Å². The summed E-state index contributed by atoms with van der Waals surface area (Å²) in [4.78, 5) is 0. The van der Waals surface area contributed by atoms with Gasteiger partial charge in [0, 0.05) is 22.8 Å². The van der Waals surface area contributed by atoms with Crippen molar-refractivity contribution in [1.82, 2.24) is 0 Å². The van der Waals surface area contributed by atoms with Gasteiger partial charge in [-0.1, -0.05) is 16.9 Å². The number of hydrogen-bond donors (Lipinski definition) is 4. The Hall–Kier alpha value is 1.32. The second-order valence-electron chi connectivity index (χ2n) is 5.52. The molecule has 1 saturated heterocycles. The summed E-state index contributed by atoms with van der Waals surface area (Å²) in [6.45, 7) is -0.623. The Morgan fingerprint density at radius 2 is 1.89 bits per heavy atom. The monoisotopic (exact) mass is 475 g/mol. The SMILES string of the molecule is CS(=O)CCCC/C(=N\OS(=O)(=O)[O-])S[C@@H]1O[C@H](CO)[C@@H](O)[C@H](O)[C@H]1O.[K+]. The molecule has 0 aliphatic carbocycles. The van der Waals surface area contributed by atoms with Crippen molar-refractivity contribution in [3.05, 3.63) is 0 Å². The van der Waals surface area contributed by atoms with E-state index in [2.05, 4.69) is 9.44 Å². The molecule has 1 rings (SSSR count). The molecule has 11 nitrogen and oxygen atoms in total. The molecule has 1 heterocycles. The Morgan fingerprint density at radius 1 is 1.26 bits per heavy atom. The fourth-order valence-electron chi connectivity index (χ4n) is 2.09. The summed E-state index contributed by atoms with van der Waals surface area (Å²) >= 11 is 0.690. The zero-order valence-corrected chi connectivity index (χ0v) is 20.4. The van der Waals surface area contributed by atoms with Crippen LogP contribution in [0.25, 0.3) is 0 Å². The van der Waals surface area contributed by atoms with Gasteiger partial charge in [0.2, 0.25) is 0 Å². The number of aliphatic hydroxyl groups excluding tert-OH is 4. The van der Waals surface area contributed by atoms with Crippen molar-refractivity contribution in [2.75, 3.05) is 18.6 Å². The van der Waals surface area contributed by atoms with Crippen LogP contribution >= 0.6 is 11.8 Å². The molecule has 4 N–H and O–H groups in total. The molecule has 6 atom stereocenters. The van der Waals surface area contributed by atoms with Gasteiger partial charge in [-0.2, -0.15) is 8.42 Å². The van der Waals surface area contributed by atoms with E-state index in [0.717, 1.165) is 0 Å². The van der Waals surface area contributed by atoms with Gasteiger partial charge in [0.15, 0.2) is 0 Å². The van der Waals surface area contributed by atoms with Gasteiger partial charge in [0.25, 0.3) is 10.4 Å². The molecule has 27 heavy (non-hydrogen) atoms. The van der Waals surface area contributed by atoms with Crippen molar-refractivity contribution < 1.29 is 98.0 Å². The topological polar surface area (TPSA) is 186 Å². The third-order valence-electron chi connectivity index (χ3n) is 3.40. The van der Waals surface area contributed by atoms with E-state index >= 15 is 0 Å². The molecule has 0 aromatic rings. The zero-order valence-electron chi connectivity index (χ0n) is 14.8. The molecule has 0 radical (unpaired) electrons. The molecule has 1 fully saturated rings. The Bertz CT molecular complexity index is 602. The van der Waals surface area contributed by atoms with Gasteiger partial charge in [-0.15, -0.1) is 0 Å². The summed E-state index contributed by atoms with van der Waals surface area (Å²) in [5.74, 6) is 0.415. The first kappa shape index (κ1) is 28.3. The van der Waals surface area contributed by atoms with Crippen molar-refractivity contribution in [1.29, 1.82) is 0 Å². The summed E-state index contributed by atoms with van der Waals surface area (Å²) in [5, 5.41) is 41.9. The minimum Gasteiger partial charge on any atom is -0.714 e. The number of unbranched alkanes of at least 4 members (excludes halogenated alkanes) is 1. The molecule has 0 saturated carbocycles. The predicted octanol–water partition coefficient (Wildman–Crippen LogP) is -5.14. The van der Waals surface area contributed by atoms with Crippen LogP contribution in [0.4, 0.5) is 0 Å². The first-order valence-electron chi connectivity index (χ1n) is 7.53. The van der Waals surface area contributed by atoms with E-state index in [9.17, 15) is 32.5 Å². The Labute approximate surface area is 206 Å². The van der Waals surface area contributed by atoms with Crippen molar-refractivity contribution in [3.8, 4) is 0 Å². The summed E-state index contributed by atoms with van der Waals surface area (Å²) in [6.07, 6.45) is -3.21. The molecule has 0 aromatic carbocycles. The maximum absolute atomic E-state index is 11.0. The van der Waals surface area contributed by atoms with E-state index in [1.54, 1.807) is 0 Å². The number of hydrogen-bond acceptors (Lipinski definition) is 12. The minimum absolute atomic E-state index is 0. The summed E-state index contributed by atoms with van der Waals surface area (Å²) in [7, 11) is -6.09. The molecular formula is C12H22KNO10S3. The molecule has 0 bridgehead atoms. The van der Waals surface area contributed by atoms with Crippen LogP contribution in [0, 0.1) is 0 Å². The number of nitrogens with zero attached hydrogens (tertiary/aromatic N) is 1. The van der Waals surface area contributed by atoms with Crippen LogP contribution in [0.1, 0.15) is 19.3 Å². The van der Waals surface area contributed by atoms with Crippen molar-refractivity contribution >= 4 is 38.0 Å². The van der Waals surface area contributed by atoms with Crippen molar-refractivity contribution in [2.24, 2.45) is 5.16 Å². The number of thioether (sulfide) groups is 1. The molecular weight excluding hydrogens is 453 g/mol. The van der Waals surface area contributed by atoms with Crippen LogP contribution in [0.2, 0.25) is 0 Å². The second-order valence-corrected chi connectivity index (χ2v) is 9.21. The molecule has 15 heteroatoms. The van der Waals surface area contributed by atoms with Crippen LogP contribution in [0.15, 0.2) is 5.16 Å². The van der Waals surface area contributed by atoms with Crippen LogP contribution in [0.5, 0.6) is 0 Å². The van der Waals surface area contributed by atoms with E-state index in [1.165, 1.54) is 6.26 Å². The van der Waals surface area contributed by atoms with Crippen LogP contribution in [-0.2, 0) is 30.2 Å². The first-order chi connectivity index (χ1) is 12.0. The van der Waals surface area contributed by atoms with Gasteiger partial charge < -0.3 is 29.7 Å². The minimum atomic E-state index is -5.08. The second kappa shape index (κ2) is 13.6. The standard InChI is InChI=1S/C12H23NO10S3.K/c1-25(18)5-3-2-4-8(13-23-26(19,20)21)24-12-11(17)10(16)9(15)7(6-14)22-12;/h7,9-12,14-17H,2-6H2,1H3,(H,19,20,21);/q;+1/p-1/b13-8+;/t7-,9-,10+,11-,12+,25?;/m1./s1. The molecule has 0 aromatic heterocycles. The van der Waals surface area contributed by atoms with E-state index in [1.807, 2.05) is 0 Å². The fraction of sp³-hybridized carbons (Fsp3) is 0.917. The average Bonchev–Trinajstić information content (AvgIpc) is 2.55. The molecule has 0 amide bonds. The van der Waals surface area contributed by atoms with Gasteiger partial charge in [-0.25, -0.2) is 0 Å². The Kier molecular flexibility index (Phi) is 14.2. The smallest absolute Gasteiger partial charge is 0.714 e. The summed E-state index contributed by atoms with van der Waals surface area (Å²) in [6, 6.07) is 0. The Morgan fingerprint density at radius 3 is 2.41 bits per heavy atom. The van der Waals surface area contributed by atoms with E-state index in [-0.39, 0.29) is 62.8 Å². The molecule has 154 valence electrons. The van der Waals surface area contributed by atoms with Gasteiger partial charge in [-0.3, -0.25) is 8.49 Å². The molecule has 1 unspecified atom stereocenters. The van der Waals surface area contributed by atoms with E-state index in [0.29, 0.717) is 30.4 Å². The number of ether oxygens (including phenoxy) is 1. The third kappa shape index (κ3) is 10.8. The van der Waals surface area contributed by atoms with Crippen molar-refractivity contribution in [3.63, 3.8) is 0 Å². The van der Waals surface area contributed by atoms with Gasteiger partial charge in [-0.05, 0) is 19.3 Å². The summed E-state index contributed by atoms with van der Waals surface area (Å²) < 4.78 is 51.9.